The topological polar surface area (TPSA) is 29.1 Å². The molecule has 0 fully saturated rings. The second kappa shape index (κ2) is 11.9. The van der Waals surface area contributed by atoms with Gasteiger partial charge in [0.15, 0.2) is 0 Å². The highest BCUT2D eigenvalue weighted by atomic mass is 32.2. The minimum absolute atomic E-state index is 0.220. The Hall–Kier alpha value is -0.180. The lowest BCUT2D eigenvalue weighted by Crippen LogP contribution is -2.23. The molecule has 0 radical (unpaired) electrons. The van der Waals surface area contributed by atoms with Crippen LogP contribution < -0.4 is 5.32 Å². The summed E-state index contributed by atoms with van der Waals surface area (Å²) in [5, 5.41) is 2.90. The molecule has 0 aliphatic heterocycles. The second-order valence-electron chi connectivity index (χ2n) is 3.77. The Labute approximate surface area is 98.6 Å². The van der Waals surface area contributed by atoms with Crippen LogP contribution in [-0.4, -0.2) is 24.0 Å². The quantitative estimate of drug-likeness (QED) is 0.585. The smallest absolute Gasteiger partial charge is 0.219 e. The fraction of sp³-hybridized carbons (Fsp3) is 0.917. The van der Waals surface area contributed by atoms with Crippen LogP contribution in [0.25, 0.3) is 0 Å². The van der Waals surface area contributed by atoms with Gasteiger partial charge in [0.25, 0.3) is 0 Å². The first kappa shape index (κ1) is 14.8. The standard InChI is InChI=1S/C12H25NOS/c1-3-9-13-12(14)8-6-5-7-11-15-10-4-2/h3-11H2,1-2H3,(H,13,14). The molecule has 1 N–H and O–H groups in total. The van der Waals surface area contributed by atoms with Crippen LogP contribution in [0.15, 0.2) is 0 Å². The zero-order chi connectivity index (χ0) is 11.4. The number of rotatable bonds is 10. The molecule has 0 rings (SSSR count). The molecule has 3 heteroatoms. The number of carbonyl (C=O) groups is 1. The summed E-state index contributed by atoms with van der Waals surface area (Å²) in [4.78, 5) is 11.2. The number of unbranched alkanes of at least 4 members (excludes halogenated alkanes) is 2. The Morgan fingerprint density at radius 2 is 1.87 bits per heavy atom. The first-order valence-corrected chi connectivity index (χ1v) is 7.31. The van der Waals surface area contributed by atoms with Crippen molar-refractivity contribution >= 4 is 17.7 Å². The van der Waals surface area contributed by atoms with E-state index in [0.29, 0.717) is 6.42 Å². The molecule has 0 bridgehead atoms. The molecule has 0 saturated carbocycles. The summed E-state index contributed by atoms with van der Waals surface area (Å²) in [6.45, 7) is 5.11. The molecule has 1 amide bonds. The van der Waals surface area contributed by atoms with Crippen LogP contribution in [-0.2, 0) is 4.79 Å². The zero-order valence-electron chi connectivity index (χ0n) is 10.2. The first-order valence-electron chi connectivity index (χ1n) is 6.15. The van der Waals surface area contributed by atoms with Gasteiger partial charge in [-0.2, -0.15) is 11.8 Å². The first-order chi connectivity index (χ1) is 7.31. The normalized spacial score (nSPS) is 10.3. The van der Waals surface area contributed by atoms with Gasteiger partial charge in [-0.15, -0.1) is 0 Å². The molecule has 2 nitrogen and oxygen atoms in total. The Bertz CT molecular complexity index is 151. The van der Waals surface area contributed by atoms with Crippen LogP contribution >= 0.6 is 11.8 Å². The largest absolute Gasteiger partial charge is 0.356 e. The molecule has 0 aromatic rings. The number of thioether (sulfide) groups is 1. The highest BCUT2D eigenvalue weighted by molar-refractivity contribution is 7.99. The highest BCUT2D eigenvalue weighted by Gasteiger charge is 1.98. The monoisotopic (exact) mass is 231 g/mol. The summed E-state index contributed by atoms with van der Waals surface area (Å²) in [5.74, 6) is 2.75. The lowest BCUT2D eigenvalue weighted by Gasteiger charge is -2.03. The van der Waals surface area contributed by atoms with Crippen molar-refractivity contribution in [2.24, 2.45) is 0 Å². The van der Waals surface area contributed by atoms with Crippen LogP contribution in [0.4, 0.5) is 0 Å². The second-order valence-corrected chi connectivity index (χ2v) is 5.00. The molecule has 90 valence electrons. The predicted molar refractivity (Wildman–Crippen MR) is 69.4 cm³/mol. The SMILES string of the molecule is CCCNC(=O)CCCCCSCCC. The van der Waals surface area contributed by atoms with Crippen molar-refractivity contribution in [1.82, 2.24) is 5.32 Å². The Balaban J connectivity index is 3.06. The molecule has 0 heterocycles. The third-order valence-corrected chi connectivity index (χ3v) is 3.39. The third-order valence-electron chi connectivity index (χ3n) is 2.11. The molecule has 15 heavy (non-hydrogen) atoms. The minimum Gasteiger partial charge on any atom is -0.356 e. The van der Waals surface area contributed by atoms with Gasteiger partial charge >= 0.3 is 0 Å². The van der Waals surface area contributed by atoms with E-state index in [1.54, 1.807) is 0 Å². The van der Waals surface area contributed by atoms with Crippen molar-refractivity contribution in [2.45, 2.75) is 52.4 Å². The summed E-state index contributed by atoms with van der Waals surface area (Å²) < 4.78 is 0. The number of amides is 1. The maximum atomic E-state index is 11.2. The van der Waals surface area contributed by atoms with E-state index in [4.69, 9.17) is 0 Å². The Morgan fingerprint density at radius 1 is 1.07 bits per heavy atom. The van der Waals surface area contributed by atoms with E-state index in [2.05, 4.69) is 19.2 Å². The summed E-state index contributed by atoms with van der Waals surface area (Å²) in [5.41, 5.74) is 0. The molecule has 0 atom stereocenters. The average Bonchev–Trinajstić information content (AvgIpc) is 2.25. The Kier molecular flexibility index (Phi) is 11.7. The molecule has 0 saturated heterocycles. The van der Waals surface area contributed by atoms with Crippen LogP contribution in [0.5, 0.6) is 0 Å². The van der Waals surface area contributed by atoms with Crippen LogP contribution in [0, 0.1) is 0 Å². The summed E-state index contributed by atoms with van der Waals surface area (Å²) in [6.07, 6.45) is 6.49. The predicted octanol–water partition coefficient (Wildman–Crippen LogP) is 3.22. The van der Waals surface area contributed by atoms with E-state index < -0.39 is 0 Å². The number of hydrogen-bond donors (Lipinski definition) is 1. The molecule has 0 unspecified atom stereocenters. The van der Waals surface area contributed by atoms with E-state index in [1.807, 2.05) is 11.8 Å². The van der Waals surface area contributed by atoms with Gasteiger partial charge in [-0.1, -0.05) is 20.3 Å². The van der Waals surface area contributed by atoms with Gasteiger partial charge in [-0.05, 0) is 37.2 Å². The van der Waals surface area contributed by atoms with Crippen LogP contribution in [0.2, 0.25) is 0 Å². The maximum Gasteiger partial charge on any atom is 0.219 e. The van der Waals surface area contributed by atoms with Gasteiger partial charge in [-0.25, -0.2) is 0 Å². The number of nitrogens with one attached hydrogen (secondary N) is 1. The van der Waals surface area contributed by atoms with Crippen molar-refractivity contribution in [1.29, 1.82) is 0 Å². The maximum absolute atomic E-state index is 11.2. The van der Waals surface area contributed by atoms with E-state index in [1.165, 1.54) is 30.8 Å². The zero-order valence-corrected chi connectivity index (χ0v) is 11.0. The van der Waals surface area contributed by atoms with Crippen molar-refractivity contribution in [2.75, 3.05) is 18.1 Å². The third kappa shape index (κ3) is 11.7. The van der Waals surface area contributed by atoms with Crippen molar-refractivity contribution in [3.8, 4) is 0 Å². The van der Waals surface area contributed by atoms with E-state index in [9.17, 15) is 4.79 Å². The Morgan fingerprint density at radius 3 is 2.53 bits per heavy atom. The fourth-order valence-electron chi connectivity index (χ4n) is 1.27. The molecule has 0 spiro atoms. The van der Waals surface area contributed by atoms with Gasteiger partial charge in [0.1, 0.15) is 0 Å². The lowest BCUT2D eigenvalue weighted by atomic mass is 10.2. The fourth-order valence-corrected chi connectivity index (χ4v) is 2.17. The average molecular weight is 231 g/mol. The van der Waals surface area contributed by atoms with E-state index in [0.717, 1.165) is 19.4 Å². The van der Waals surface area contributed by atoms with E-state index in [-0.39, 0.29) is 5.91 Å². The van der Waals surface area contributed by atoms with E-state index >= 15 is 0 Å². The van der Waals surface area contributed by atoms with Crippen molar-refractivity contribution in [3.63, 3.8) is 0 Å². The molecular formula is C12H25NOS. The van der Waals surface area contributed by atoms with Crippen molar-refractivity contribution in [3.05, 3.63) is 0 Å². The molecule has 0 aliphatic carbocycles. The highest BCUT2D eigenvalue weighted by Crippen LogP contribution is 2.08. The van der Waals surface area contributed by atoms with Gasteiger partial charge in [0, 0.05) is 13.0 Å². The van der Waals surface area contributed by atoms with Crippen LogP contribution in [0.1, 0.15) is 52.4 Å². The molecule has 0 aromatic carbocycles. The molecule has 0 aliphatic rings. The lowest BCUT2D eigenvalue weighted by molar-refractivity contribution is -0.121. The number of hydrogen-bond acceptors (Lipinski definition) is 2. The van der Waals surface area contributed by atoms with Gasteiger partial charge in [0.05, 0.1) is 0 Å². The van der Waals surface area contributed by atoms with Gasteiger partial charge < -0.3 is 5.32 Å². The van der Waals surface area contributed by atoms with Crippen molar-refractivity contribution < 1.29 is 4.79 Å². The van der Waals surface area contributed by atoms with Gasteiger partial charge in [0.2, 0.25) is 5.91 Å². The number of carbonyl (C=O) groups excluding carboxylic acids is 1. The minimum atomic E-state index is 0.220. The summed E-state index contributed by atoms with van der Waals surface area (Å²) in [6, 6.07) is 0. The summed E-state index contributed by atoms with van der Waals surface area (Å²) in [7, 11) is 0. The molecular weight excluding hydrogens is 206 g/mol. The van der Waals surface area contributed by atoms with Crippen LogP contribution in [0.3, 0.4) is 0 Å². The molecule has 0 aromatic heterocycles. The van der Waals surface area contributed by atoms with Gasteiger partial charge in [-0.3, -0.25) is 4.79 Å². The summed E-state index contributed by atoms with van der Waals surface area (Å²) >= 11 is 2.03.